The molecule has 0 bridgehead atoms. The second kappa shape index (κ2) is 26.9. The van der Waals surface area contributed by atoms with Gasteiger partial charge in [-0.2, -0.15) is 49.2 Å². The third-order valence-corrected chi connectivity index (χ3v) is 18.6. The van der Waals surface area contributed by atoms with Crippen molar-refractivity contribution < 1.29 is 45.9 Å². The van der Waals surface area contributed by atoms with Gasteiger partial charge in [-0.15, -0.1) is 46.9 Å². The van der Waals surface area contributed by atoms with Crippen LogP contribution in [0.3, 0.4) is 0 Å². The fraction of sp³-hybridized carbons (Fsp3) is 0.256. The van der Waals surface area contributed by atoms with Crippen molar-refractivity contribution in [3.8, 4) is 55.3 Å². The Bertz CT molecular complexity index is 4030. The molecule has 89 heavy (non-hydrogen) atoms. The van der Waals surface area contributed by atoms with Crippen molar-refractivity contribution in [3.63, 3.8) is 0 Å². The summed E-state index contributed by atoms with van der Waals surface area (Å²) in [5, 5.41) is 34.4. The zero-order chi connectivity index (χ0) is 63.0. The average Bonchev–Trinajstić information content (AvgIpc) is 1.65. The third-order valence-electron chi connectivity index (χ3n) is 16.2. The van der Waals surface area contributed by atoms with E-state index in [0.717, 1.165) is 89.8 Å². The number of rotatable bonds is 11. The molecule has 0 amide bonds. The SMILES string of the molecule is CC(C)(C)c1ccc2c(c1)c1cc(C(C)(C)C)ccc1n2-c1csc(-c2ccc(Cl)cc2[OH+]CCCC[OH+]c2cc(Cl)ccc2-c2scc(-n3c4ccc(C(C)(C)C)cc4c4cc(C(C)(C)C)ccc43)c2O)c1O.[CH2-]c1ccccc1.[CH2-]c1ccccc1.[Zr]. The van der Waals surface area contributed by atoms with E-state index in [4.69, 9.17) is 32.7 Å². The van der Waals surface area contributed by atoms with Gasteiger partial charge >= 0.3 is 0 Å². The van der Waals surface area contributed by atoms with Crippen LogP contribution in [0.15, 0.2) is 181 Å². The smallest absolute Gasteiger partial charge is 0.265 e. The zero-order valence-electron chi connectivity index (χ0n) is 53.3. The van der Waals surface area contributed by atoms with Gasteiger partial charge in [0.1, 0.15) is 0 Å². The number of aliphatic hydroxyl groups is 2. The van der Waals surface area contributed by atoms with E-state index in [1.54, 1.807) is 0 Å². The van der Waals surface area contributed by atoms with Crippen LogP contribution in [0.4, 0.5) is 0 Å². The van der Waals surface area contributed by atoms with Gasteiger partial charge in [-0.1, -0.05) is 143 Å². The summed E-state index contributed by atoms with van der Waals surface area (Å²) >= 11 is 16.3. The minimum Gasteiger partial charge on any atom is -0.582 e. The molecular weight excluding hydrogens is 1260 g/mol. The van der Waals surface area contributed by atoms with Gasteiger partial charge in [0.05, 0.1) is 66.5 Å². The summed E-state index contributed by atoms with van der Waals surface area (Å²) in [5.74, 6) is 1.90. The maximum atomic E-state index is 12.2. The Morgan fingerprint density at radius 3 is 0.955 bits per heavy atom. The fourth-order valence-corrected chi connectivity index (χ4v) is 13.3. The van der Waals surface area contributed by atoms with Gasteiger partial charge in [-0.05, 0) is 117 Å². The monoisotopic (exact) mass is 1330 g/mol. The first-order chi connectivity index (χ1) is 41.7. The number of unbranched alkanes of at least 4 members (excludes halogenated alkanes) is 1. The van der Waals surface area contributed by atoms with Crippen molar-refractivity contribution in [2.24, 2.45) is 0 Å². The van der Waals surface area contributed by atoms with Gasteiger partial charge in [0.15, 0.2) is 24.7 Å². The second-order valence-corrected chi connectivity index (χ2v) is 29.6. The summed E-state index contributed by atoms with van der Waals surface area (Å²) in [7, 11) is 0. The van der Waals surface area contributed by atoms with Gasteiger partial charge < -0.3 is 28.8 Å². The molecule has 4 aromatic heterocycles. The number of aromatic hydroxyl groups is 4. The largest absolute Gasteiger partial charge is 0.582 e. The fourth-order valence-electron chi connectivity index (χ4n) is 11.1. The first kappa shape index (κ1) is 66.6. The van der Waals surface area contributed by atoms with Crippen LogP contribution in [-0.2, 0) is 47.9 Å². The van der Waals surface area contributed by atoms with Gasteiger partial charge in [-0.25, -0.2) is 0 Å². The molecule has 4 heterocycles. The number of aromatic nitrogens is 2. The standard InChI is InChI=1S/C64H66Cl2N2O4S2.2C7H7.Zr/c1-61(2,3)37-15-23-49-45(29-37)46-30-38(62(4,5)6)16-24-50(46)67(49)53-35-73-59(57(53)69)43-21-19-41(65)33-55(43)71-27-13-14-28-72-56-34-42(66)20-22-44(56)60-58(70)54(36-74-60)68-51-25-17-39(63(7,8)9)31-47(51)48-32-40(64(10,11)12)18-26-52(48)68;2*1-7-5-3-2-4-6-7;/h15-26,29-36,69-70H,13-14,27-28H2,1-12H3;2*2-6H,1H2;/q;2*-1;/p+2. The van der Waals surface area contributed by atoms with Crippen LogP contribution < -0.4 is 0 Å². The molecular formula is C78H82Cl2N2O4S2Zr. The molecule has 0 saturated heterocycles. The van der Waals surface area contributed by atoms with E-state index in [9.17, 15) is 10.2 Å². The molecule has 458 valence electrons. The number of thiophene rings is 2. The predicted molar refractivity (Wildman–Crippen MR) is 380 cm³/mol. The van der Waals surface area contributed by atoms with Crippen molar-refractivity contribution in [1.29, 1.82) is 0 Å². The van der Waals surface area contributed by atoms with E-state index < -0.39 is 0 Å². The van der Waals surface area contributed by atoms with E-state index >= 15 is 0 Å². The van der Waals surface area contributed by atoms with Crippen LogP contribution in [0, 0.1) is 13.8 Å². The van der Waals surface area contributed by atoms with E-state index in [1.165, 1.54) is 66.5 Å². The number of ether oxygens (including phenoxy) is 2. The predicted octanol–water partition coefficient (Wildman–Crippen LogP) is 22.9. The van der Waals surface area contributed by atoms with E-state index in [-0.39, 0.29) is 59.4 Å². The molecule has 6 nitrogen and oxygen atoms in total. The Labute approximate surface area is 563 Å². The van der Waals surface area contributed by atoms with Crippen LogP contribution in [0.1, 0.15) is 129 Å². The van der Waals surface area contributed by atoms with Gasteiger partial charge in [0.25, 0.3) is 11.5 Å². The third kappa shape index (κ3) is 14.7. The van der Waals surface area contributed by atoms with Crippen LogP contribution in [-0.4, -0.2) is 42.0 Å². The summed E-state index contributed by atoms with van der Waals surface area (Å²) in [5.41, 5.74) is 14.5. The van der Waals surface area contributed by atoms with Gasteiger partial charge in [0, 0.05) is 81.4 Å². The van der Waals surface area contributed by atoms with E-state index in [0.29, 0.717) is 23.3 Å². The molecule has 0 aliphatic carbocycles. The average molecular weight is 1340 g/mol. The van der Waals surface area contributed by atoms with Gasteiger partial charge in [0.2, 0.25) is 0 Å². The van der Waals surface area contributed by atoms with E-state index in [1.807, 2.05) is 97.1 Å². The molecule has 12 rings (SSSR count). The summed E-state index contributed by atoms with van der Waals surface area (Å²) in [6, 6.07) is 58.1. The second-order valence-electron chi connectivity index (χ2n) is 27.0. The quantitative estimate of drug-likeness (QED) is 0.0769. The molecule has 11 heteroatoms. The molecule has 0 unspecified atom stereocenters. The van der Waals surface area contributed by atoms with Crippen LogP contribution in [0.5, 0.6) is 23.0 Å². The number of halogens is 2. The molecule has 0 aliphatic heterocycles. The Balaban J connectivity index is 0.000000553. The number of nitrogens with zero attached hydrogens (tertiary/aromatic N) is 2. The van der Waals surface area contributed by atoms with Gasteiger partial charge in [-0.3, -0.25) is 0 Å². The molecule has 0 atom stereocenters. The summed E-state index contributed by atoms with van der Waals surface area (Å²) in [4.78, 5) is 1.49. The Kier molecular flexibility index (Phi) is 20.1. The number of hydrogen-bond donors (Lipinski definition) is 2. The minimum atomic E-state index is -0.0169. The first-order valence-corrected chi connectivity index (χ1v) is 32.7. The molecule has 0 radical (unpaired) electrons. The summed E-state index contributed by atoms with van der Waals surface area (Å²) < 4.78 is 14.5. The van der Waals surface area contributed by atoms with Crippen molar-refractivity contribution in [1.82, 2.24) is 9.13 Å². The zero-order valence-corrected chi connectivity index (χ0v) is 58.9. The first-order valence-electron chi connectivity index (χ1n) is 30.2. The topological polar surface area (TPSA) is 75.9 Å². The maximum absolute atomic E-state index is 12.2. The van der Waals surface area contributed by atoms with Crippen molar-refractivity contribution >= 4 is 89.5 Å². The normalized spacial score (nSPS) is 12.0. The molecule has 0 fully saturated rings. The van der Waals surface area contributed by atoms with Crippen molar-refractivity contribution in [3.05, 3.63) is 238 Å². The molecule has 0 spiro atoms. The Hall–Kier alpha value is -6.84. The summed E-state index contributed by atoms with van der Waals surface area (Å²) in [6.07, 6.45) is 1.55. The molecule has 12 aromatic rings. The number of benzene rings is 8. The Morgan fingerprint density at radius 1 is 0.404 bits per heavy atom. The number of fused-ring (bicyclic) bond motifs is 6. The number of hydrogen-bond acceptors (Lipinski definition) is 4. The van der Waals surface area contributed by atoms with Crippen LogP contribution in [0.25, 0.3) is 75.9 Å². The molecule has 0 aliphatic rings. The maximum Gasteiger partial charge on any atom is 0.265 e. The molecule has 8 aromatic carbocycles. The van der Waals surface area contributed by atoms with Crippen LogP contribution >= 0.6 is 45.9 Å². The van der Waals surface area contributed by atoms with Crippen LogP contribution in [0.2, 0.25) is 10.0 Å². The summed E-state index contributed by atoms with van der Waals surface area (Å²) in [6.45, 7) is 35.5. The van der Waals surface area contributed by atoms with Crippen molar-refractivity contribution in [2.45, 2.75) is 118 Å². The van der Waals surface area contributed by atoms with Crippen molar-refractivity contribution in [2.75, 3.05) is 13.2 Å². The Morgan fingerprint density at radius 2 is 0.697 bits per heavy atom. The van der Waals surface area contributed by atoms with E-state index in [2.05, 4.69) is 190 Å². The molecule has 4 N–H and O–H groups in total. The minimum absolute atomic E-state index is 0. The molecule has 0 saturated carbocycles.